The van der Waals surface area contributed by atoms with Gasteiger partial charge in [-0.2, -0.15) is 0 Å². The van der Waals surface area contributed by atoms with E-state index >= 15 is 0 Å². The number of rotatable bonds is 1. The topological polar surface area (TPSA) is 26.0 Å². The molecule has 0 saturated carbocycles. The first-order valence-corrected chi connectivity index (χ1v) is 7.53. The highest BCUT2D eigenvalue weighted by Gasteiger charge is 2.12. The van der Waals surface area contributed by atoms with E-state index in [2.05, 4.69) is 36.8 Å². The summed E-state index contributed by atoms with van der Waals surface area (Å²) in [5.41, 5.74) is 3.57. The Morgan fingerprint density at radius 2 is 1.89 bits per heavy atom. The van der Waals surface area contributed by atoms with Crippen molar-refractivity contribution in [1.29, 1.82) is 0 Å². The van der Waals surface area contributed by atoms with Crippen molar-refractivity contribution in [3.63, 3.8) is 0 Å². The molecule has 0 amide bonds. The van der Waals surface area contributed by atoms with E-state index in [9.17, 15) is 0 Å². The van der Waals surface area contributed by atoms with Gasteiger partial charge in [-0.1, -0.05) is 11.6 Å². The summed E-state index contributed by atoms with van der Waals surface area (Å²) < 4.78 is 7.56. The van der Waals surface area contributed by atoms with Crippen LogP contribution in [0.2, 0.25) is 5.02 Å². The number of oxazole rings is 1. The van der Waals surface area contributed by atoms with Crippen molar-refractivity contribution in [2.24, 2.45) is 0 Å². The smallest absolute Gasteiger partial charge is 0.227 e. The number of benzene rings is 2. The maximum absolute atomic E-state index is 6.09. The van der Waals surface area contributed by atoms with Crippen molar-refractivity contribution >= 4 is 54.6 Å². The predicted molar refractivity (Wildman–Crippen MR) is 84.6 cm³/mol. The molecule has 19 heavy (non-hydrogen) atoms. The fourth-order valence-corrected chi connectivity index (χ4v) is 2.95. The number of halogens is 3. The summed E-state index contributed by atoms with van der Waals surface area (Å²) in [5, 5.41) is 0.634. The molecule has 96 valence electrons. The van der Waals surface area contributed by atoms with Crippen LogP contribution in [0.5, 0.6) is 0 Å². The Balaban J connectivity index is 2.20. The first-order chi connectivity index (χ1) is 9.04. The molecule has 3 rings (SSSR count). The van der Waals surface area contributed by atoms with Crippen LogP contribution in [0.25, 0.3) is 22.6 Å². The van der Waals surface area contributed by atoms with Gasteiger partial charge in [0.2, 0.25) is 5.89 Å². The summed E-state index contributed by atoms with van der Waals surface area (Å²) in [7, 11) is 0. The molecule has 0 aliphatic heterocycles. The van der Waals surface area contributed by atoms with Gasteiger partial charge in [0.1, 0.15) is 5.52 Å². The summed E-state index contributed by atoms with van der Waals surface area (Å²) in [6.07, 6.45) is 0. The van der Waals surface area contributed by atoms with Gasteiger partial charge in [0.25, 0.3) is 0 Å². The third-order valence-corrected chi connectivity index (χ3v) is 4.58. The Morgan fingerprint density at radius 3 is 2.63 bits per heavy atom. The molecule has 2 nitrogen and oxygen atoms in total. The van der Waals surface area contributed by atoms with E-state index in [1.807, 2.05) is 37.3 Å². The Kier molecular flexibility index (Phi) is 3.41. The quantitative estimate of drug-likeness (QED) is 0.501. The molecule has 0 aliphatic carbocycles. The lowest BCUT2D eigenvalue weighted by atomic mass is 10.2. The van der Waals surface area contributed by atoms with Crippen LogP contribution < -0.4 is 0 Å². The van der Waals surface area contributed by atoms with E-state index in [0.29, 0.717) is 10.9 Å². The molecule has 0 aliphatic rings. The zero-order valence-electron chi connectivity index (χ0n) is 9.88. The second-order valence-electron chi connectivity index (χ2n) is 4.24. The van der Waals surface area contributed by atoms with Gasteiger partial charge in [0, 0.05) is 10.0 Å². The van der Waals surface area contributed by atoms with Crippen molar-refractivity contribution in [3.05, 3.63) is 49.9 Å². The molecule has 0 fully saturated rings. The molecule has 0 N–H and O–H groups in total. The number of aromatic nitrogens is 1. The summed E-state index contributed by atoms with van der Waals surface area (Å²) in [4.78, 5) is 4.50. The highest BCUT2D eigenvalue weighted by Crippen LogP contribution is 2.33. The maximum Gasteiger partial charge on any atom is 0.227 e. The van der Waals surface area contributed by atoms with Crippen LogP contribution in [-0.2, 0) is 0 Å². The second-order valence-corrected chi connectivity index (χ2v) is 6.36. The van der Waals surface area contributed by atoms with E-state index in [1.165, 1.54) is 0 Å². The average Bonchev–Trinajstić information content (AvgIpc) is 2.76. The van der Waals surface area contributed by atoms with Gasteiger partial charge in [0.05, 0.1) is 9.50 Å². The lowest BCUT2D eigenvalue weighted by molar-refractivity contribution is 0.618. The molecule has 0 unspecified atom stereocenters. The van der Waals surface area contributed by atoms with Gasteiger partial charge in [-0.15, -0.1) is 0 Å². The van der Waals surface area contributed by atoms with Gasteiger partial charge in [0.15, 0.2) is 5.58 Å². The minimum atomic E-state index is 0.565. The molecular weight excluding hydrogens is 393 g/mol. The molecule has 0 radical (unpaired) electrons. The minimum Gasteiger partial charge on any atom is -0.435 e. The third-order valence-electron chi connectivity index (χ3n) is 2.76. The summed E-state index contributed by atoms with van der Waals surface area (Å²) >= 11 is 13.0. The first kappa shape index (κ1) is 13.2. The van der Waals surface area contributed by atoms with Crippen molar-refractivity contribution in [2.45, 2.75) is 6.92 Å². The van der Waals surface area contributed by atoms with Crippen LogP contribution in [0, 0.1) is 6.92 Å². The average molecular weight is 401 g/mol. The van der Waals surface area contributed by atoms with Gasteiger partial charge in [-0.05, 0) is 74.7 Å². The molecule has 0 spiro atoms. The van der Waals surface area contributed by atoms with Crippen LogP contribution in [0.15, 0.2) is 43.7 Å². The lowest BCUT2D eigenvalue weighted by Crippen LogP contribution is -1.78. The Bertz CT molecular complexity index is 782. The zero-order chi connectivity index (χ0) is 13.6. The van der Waals surface area contributed by atoms with Crippen molar-refractivity contribution in [1.82, 2.24) is 4.98 Å². The number of fused-ring (bicyclic) bond motifs is 1. The zero-order valence-corrected chi connectivity index (χ0v) is 13.8. The molecule has 3 aromatic rings. The molecule has 0 bridgehead atoms. The number of hydrogen-bond acceptors (Lipinski definition) is 2. The summed E-state index contributed by atoms with van der Waals surface area (Å²) in [6.45, 7) is 2.02. The molecule has 0 saturated heterocycles. The monoisotopic (exact) mass is 399 g/mol. The Morgan fingerprint density at radius 1 is 1.11 bits per heavy atom. The molecular formula is C14H8Br2ClNO. The third kappa shape index (κ3) is 2.45. The molecule has 0 atom stereocenters. The first-order valence-electron chi connectivity index (χ1n) is 5.57. The maximum atomic E-state index is 6.09. The van der Waals surface area contributed by atoms with Crippen LogP contribution in [-0.4, -0.2) is 4.98 Å². The van der Waals surface area contributed by atoms with Crippen molar-refractivity contribution in [2.75, 3.05) is 0 Å². The van der Waals surface area contributed by atoms with Gasteiger partial charge in [-0.25, -0.2) is 4.98 Å². The van der Waals surface area contributed by atoms with Crippen molar-refractivity contribution < 1.29 is 4.42 Å². The molecule has 1 aromatic heterocycles. The highest BCUT2D eigenvalue weighted by molar-refractivity contribution is 9.11. The normalized spacial score (nSPS) is 11.2. The fraction of sp³-hybridized carbons (Fsp3) is 0.0714. The van der Waals surface area contributed by atoms with Crippen molar-refractivity contribution in [3.8, 4) is 11.5 Å². The SMILES string of the molecule is Cc1cc(Br)c2oc(-c3ccc(Br)c(Cl)c3)nc2c1. The van der Waals surface area contributed by atoms with E-state index < -0.39 is 0 Å². The second kappa shape index (κ2) is 4.93. The van der Waals surface area contributed by atoms with Gasteiger partial charge >= 0.3 is 0 Å². The molecule has 1 heterocycles. The largest absolute Gasteiger partial charge is 0.435 e. The van der Waals surface area contributed by atoms with Crippen LogP contribution in [0.4, 0.5) is 0 Å². The van der Waals surface area contributed by atoms with Crippen LogP contribution in [0.1, 0.15) is 5.56 Å². The van der Waals surface area contributed by atoms with E-state index in [1.54, 1.807) is 0 Å². The molecule has 5 heteroatoms. The van der Waals surface area contributed by atoms with Crippen LogP contribution in [0.3, 0.4) is 0 Å². The van der Waals surface area contributed by atoms with E-state index in [4.69, 9.17) is 16.0 Å². The Hall–Kier alpha value is -0.840. The van der Waals surface area contributed by atoms with Crippen LogP contribution >= 0.6 is 43.5 Å². The summed E-state index contributed by atoms with van der Waals surface area (Å²) in [6, 6.07) is 9.63. The Labute approximate surface area is 132 Å². The minimum absolute atomic E-state index is 0.565. The van der Waals surface area contributed by atoms with E-state index in [-0.39, 0.29) is 0 Å². The fourth-order valence-electron chi connectivity index (χ4n) is 1.88. The highest BCUT2D eigenvalue weighted by atomic mass is 79.9. The van der Waals surface area contributed by atoms with E-state index in [0.717, 1.165) is 31.2 Å². The summed E-state index contributed by atoms with van der Waals surface area (Å²) in [5.74, 6) is 0.565. The number of aryl methyl sites for hydroxylation is 1. The number of nitrogens with zero attached hydrogens (tertiary/aromatic N) is 1. The molecule has 2 aromatic carbocycles. The van der Waals surface area contributed by atoms with Gasteiger partial charge in [-0.3, -0.25) is 0 Å². The lowest BCUT2D eigenvalue weighted by Gasteiger charge is -1.98. The predicted octanol–water partition coefficient (Wildman–Crippen LogP) is 5.98. The van der Waals surface area contributed by atoms with Gasteiger partial charge < -0.3 is 4.42 Å². The number of hydrogen-bond donors (Lipinski definition) is 0. The standard InChI is InChI=1S/C14H8Br2ClNO/c1-7-4-10(16)13-12(5-7)18-14(19-13)8-2-3-9(15)11(17)6-8/h2-6H,1H3.